The molecule has 0 unspecified atom stereocenters. The first kappa shape index (κ1) is 30.2. The number of carboxylic acid groups (broad SMARTS) is 1. The molecule has 9 nitrogen and oxygen atoms in total. The molecule has 3 N–H and O–H groups in total. The van der Waals surface area contributed by atoms with Crippen LogP contribution < -0.4 is 20.3 Å². The lowest BCUT2D eigenvalue weighted by molar-refractivity contribution is -0.137. The van der Waals surface area contributed by atoms with Crippen molar-refractivity contribution in [2.45, 2.75) is 39.7 Å². The van der Waals surface area contributed by atoms with E-state index in [1.807, 2.05) is 68.4 Å². The predicted octanol–water partition coefficient (Wildman–Crippen LogP) is 5.76. The van der Waals surface area contributed by atoms with Crippen molar-refractivity contribution in [2.75, 3.05) is 42.3 Å². The van der Waals surface area contributed by atoms with Gasteiger partial charge in [-0.2, -0.15) is 0 Å². The number of carbonyl (C=O) groups is 3. The number of hydrogen-bond acceptors (Lipinski definition) is 5. The van der Waals surface area contributed by atoms with Crippen LogP contribution in [0.1, 0.15) is 37.3 Å². The Morgan fingerprint density at radius 2 is 1.57 bits per heavy atom. The molecule has 0 aliphatic rings. The third-order valence-corrected chi connectivity index (χ3v) is 6.49. The van der Waals surface area contributed by atoms with E-state index in [4.69, 9.17) is 4.74 Å². The first-order chi connectivity index (χ1) is 19.3. The number of methoxy groups -OCH3 is 1. The average Bonchev–Trinajstić information content (AvgIpc) is 2.95. The fraction of sp³-hybridized carbons (Fsp3) is 0.323. The predicted molar refractivity (Wildman–Crippen MR) is 158 cm³/mol. The lowest BCUT2D eigenvalue weighted by Gasteiger charge is -2.26. The number of para-hydroxylation sites is 1. The van der Waals surface area contributed by atoms with Gasteiger partial charge >= 0.3 is 12.0 Å². The number of aryl methyl sites for hydroxylation is 1. The molecule has 0 spiro atoms. The van der Waals surface area contributed by atoms with Crippen LogP contribution in [0.5, 0.6) is 5.75 Å². The molecule has 0 bridgehead atoms. The van der Waals surface area contributed by atoms with Gasteiger partial charge in [-0.25, -0.2) is 4.79 Å². The number of benzene rings is 3. The molecule has 3 aromatic carbocycles. The third kappa shape index (κ3) is 9.13. The number of aliphatic carboxylic acids is 1. The van der Waals surface area contributed by atoms with Gasteiger partial charge < -0.3 is 25.4 Å². The van der Waals surface area contributed by atoms with Gasteiger partial charge in [-0.1, -0.05) is 55.5 Å². The van der Waals surface area contributed by atoms with Crippen LogP contribution in [0.4, 0.5) is 21.9 Å². The molecule has 0 saturated carbocycles. The summed E-state index contributed by atoms with van der Waals surface area (Å²) in [6, 6.07) is 22.2. The number of nitrogens with one attached hydrogen (secondary N) is 2. The third-order valence-electron chi connectivity index (χ3n) is 6.49. The summed E-state index contributed by atoms with van der Waals surface area (Å²) in [4.78, 5) is 40.5. The smallest absolute Gasteiger partial charge is 0.323 e. The molecule has 0 atom stereocenters. The fourth-order valence-corrected chi connectivity index (χ4v) is 4.35. The Labute approximate surface area is 235 Å². The summed E-state index contributed by atoms with van der Waals surface area (Å²) < 4.78 is 5.54. The number of rotatable bonds is 14. The van der Waals surface area contributed by atoms with Crippen molar-refractivity contribution in [2.24, 2.45) is 0 Å². The molecule has 40 heavy (non-hydrogen) atoms. The molecule has 0 saturated heterocycles. The Morgan fingerprint density at radius 3 is 2.25 bits per heavy atom. The quantitative estimate of drug-likeness (QED) is 0.237. The summed E-state index contributed by atoms with van der Waals surface area (Å²) in [6.45, 7) is 5.86. The van der Waals surface area contributed by atoms with Crippen molar-refractivity contribution >= 4 is 35.0 Å². The normalized spacial score (nSPS) is 10.7. The van der Waals surface area contributed by atoms with Gasteiger partial charge in [0.25, 0.3) is 0 Å². The number of ether oxygens (including phenoxy) is 1. The summed E-state index contributed by atoms with van der Waals surface area (Å²) in [5.74, 6) is -0.451. The SMILES string of the molecule is CCC(=O)N(CCCN(CCC(=O)O)Cc1ccccc1)c1ccc(NC(=O)Nc2ccccc2C)c(OC)c1. The van der Waals surface area contributed by atoms with Crippen LogP contribution in [-0.2, 0) is 16.1 Å². The van der Waals surface area contributed by atoms with E-state index in [9.17, 15) is 19.5 Å². The van der Waals surface area contributed by atoms with Crippen LogP contribution >= 0.6 is 0 Å². The van der Waals surface area contributed by atoms with Crippen molar-refractivity contribution in [3.63, 3.8) is 0 Å². The molecule has 0 aliphatic carbocycles. The fourth-order valence-electron chi connectivity index (χ4n) is 4.35. The van der Waals surface area contributed by atoms with Crippen LogP contribution in [0.25, 0.3) is 0 Å². The molecular weight excluding hydrogens is 508 g/mol. The van der Waals surface area contributed by atoms with E-state index >= 15 is 0 Å². The number of carboxylic acids is 1. The van der Waals surface area contributed by atoms with Crippen LogP contribution in [0.15, 0.2) is 72.8 Å². The van der Waals surface area contributed by atoms with Crippen molar-refractivity contribution in [1.82, 2.24) is 4.90 Å². The highest BCUT2D eigenvalue weighted by Crippen LogP contribution is 2.31. The number of anilines is 3. The monoisotopic (exact) mass is 546 g/mol. The van der Waals surface area contributed by atoms with Gasteiger partial charge in [0.15, 0.2) is 0 Å². The van der Waals surface area contributed by atoms with E-state index in [-0.39, 0.29) is 12.3 Å². The van der Waals surface area contributed by atoms with Crippen LogP contribution in [0.3, 0.4) is 0 Å². The second-order valence-corrected chi connectivity index (χ2v) is 9.44. The molecule has 3 aromatic rings. The van der Waals surface area contributed by atoms with E-state index in [1.165, 1.54) is 7.11 Å². The van der Waals surface area contributed by atoms with Crippen molar-refractivity contribution in [1.29, 1.82) is 0 Å². The van der Waals surface area contributed by atoms with E-state index < -0.39 is 12.0 Å². The zero-order valence-electron chi connectivity index (χ0n) is 23.4. The summed E-state index contributed by atoms with van der Waals surface area (Å²) >= 11 is 0. The Bertz CT molecular complexity index is 1280. The number of carbonyl (C=O) groups excluding carboxylic acids is 2. The first-order valence-electron chi connectivity index (χ1n) is 13.4. The minimum Gasteiger partial charge on any atom is -0.494 e. The molecule has 3 rings (SSSR count). The second-order valence-electron chi connectivity index (χ2n) is 9.44. The van der Waals surface area contributed by atoms with Crippen molar-refractivity contribution < 1.29 is 24.2 Å². The molecule has 212 valence electrons. The van der Waals surface area contributed by atoms with Gasteiger partial charge in [0.1, 0.15) is 5.75 Å². The maximum atomic E-state index is 12.9. The second kappa shape index (κ2) is 15.3. The molecule has 3 amide bonds. The highest BCUT2D eigenvalue weighted by atomic mass is 16.5. The van der Waals surface area contributed by atoms with E-state index in [0.717, 1.165) is 11.1 Å². The van der Waals surface area contributed by atoms with Crippen molar-refractivity contribution in [3.05, 3.63) is 83.9 Å². The maximum Gasteiger partial charge on any atom is 0.323 e. The molecule has 0 aromatic heterocycles. The zero-order valence-corrected chi connectivity index (χ0v) is 23.4. The van der Waals surface area contributed by atoms with Gasteiger partial charge in [0, 0.05) is 50.0 Å². The number of hydrogen-bond donors (Lipinski definition) is 3. The Morgan fingerprint density at radius 1 is 0.875 bits per heavy atom. The van der Waals surface area contributed by atoms with Gasteiger partial charge in [0.2, 0.25) is 5.91 Å². The molecule has 0 aliphatic heterocycles. The first-order valence-corrected chi connectivity index (χ1v) is 13.4. The molecule has 0 heterocycles. The summed E-state index contributed by atoms with van der Waals surface area (Å²) in [7, 11) is 1.51. The molecular formula is C31H38N4O5. The molecule has 0 radical (unpaired) electrons. The standard InChI is InChI=1S/C31H38N4O5/c1-4-29(36)35(19-10-18-34(20-17-30(37)38)22-24-12-6-5-7-13-24)25-15-16-27(28(21-25)40-3)33-31(39)32-26-14-9-8-11-23(26)2/h5-9,11-16,21H,4,10,17-20,22H2,1-3H3,(H,37,38)(H2,32,33,39). The largest absolute Gasteiger partial charge is 0.494 e. The molecule has 9 heteroatoms. The zero-order chi connectivity index (χ0) is 28.9. The summed E-state index contributed by atoms with van der Waals surface area (Å²) in [5.41, 5.74) is 3.89. The average molecular weight is 547 g/mol. The van der Waals surface area contributed by atoms with Crippen molar-refractivity contribution in [3.8, 4) is 5.75 Å². The minimum atomic E-state index is -0.839. The lowest BCUT2D eigenvalue weighted by Crippen LogP contribution is -2.34. The van der Waals surface area contributed by atoms with Crippen LogP contribution in [0.2, 0.25) is 0 Å². The van der Waals surface area contributed by atoms with Gasteiger partial charge in [-0.3, -0.25) is 14.5 Å². The van der Waals surface area contributed by atoms with E-state index in [0.29, 0.717) is 61.8 Å². The Hall–Kier alpha value is -4.37. The Kier molecular flexibility index (Phi) is 11.5. The highest BCUT2D eigenvalue weighted by Gasteiger charge is 2.18. The van der Waals surface area contributed by atoms with Gasteiger partial charge in [-0.15, -0.1) is 0 Å². The topological polar surface area (TPSA) is 111 Å². The summed E-state index contributed by atoms with van der Waals surface area (Å²) in [6.07, 6.45) is 1.03. The van der Waals surface area contributed by atoms with Crippen LogP contribution in [0, 0.1) is 6.92 Å². The maximum absolute atomic E-state index is 12.9. The van der Waals surface area contributed by atoms with Gasteiger partial charge in [-0.05, 0) is 42.7 Å². The summed E-state index contributed by atoms with van der Waals surface area (Å²) in [5, 5.41) is 14.8. The number of amides is 3. The molecule has 0 fully saturated rings. The lowest BCUT2D eigenvalue weighted by atomic mass is 10.2. The van der Waals surface area contributed by atoms with Crippen LogP contribution in [-0.4, -0.2) is 54.7 Å². The van der Waals surface area contributed by atoms with E-state index in [2.05, 4.69) is 15.5 Å². The number of nitrogens with zero attached hydrogens (tertiary/aromatic N) is 2. The van der Waals surface area contributed by atoms with Gasteiger partial charge in [0.05, 0.1) is 19.2 Å². The Balaban J connectivity index is 1.69. The van der Waals surface area contributed by atoms with E-state index in [1.54, 1.807) is 23.1 Å². The highest BCUT2D eigenvalue weighted by molar-refractivity contribution is 6.01. The minimum absolute atomic E-state index is 0.0415. The number of urea groups is 1.